The van der Waals surface area contributed by atoms with Gasteiger partial charge in [0.05, 0.1) is 10.6 Å². The van der Waals surface area contributed by atoms with Gasteiger partial charge in [0.25, 0.3) is 5.91 Å². The summed E-state index contributed by atoms with van der Waals surface area (Å²) in [6.45, 7) is 0.297. The third-order valence-electron chi connectivity index (χ3n) is 5.52. The molecule has 4 rings (SSSR count). The van der Waals surface area contributed by atoms with Crippen LogP contribution in [0.2, 0.25) is 5.02 Å². The maximum absolute atomic E-state index is 13.0. The van der Waals surface area contributed by atoms with Crippen LogP contribution in [0.25, 0.3) is 5.69 Å². The quantitative estimate of drug-likeness (QED) is 0.584. The highest BCUT2D eigenvalue weighted by molar-refractivity contribution is 7.90. The third kappa shape index (κ3) is 4.83. The van der Waals surface area contributed by atoms with Gasteiger partial charge in [0.15, 0.2) is 15.5 Å². The Morgan fingerprint density at radius 3 is 2.39 bits per heavy atom. The van der Waals surface area contributed by atoms with Crippen LogP contribution in [0.5, 0.6) is 0 Å². The molecule has 2 aromatic carbocycles. The molecule has 0 bridgehead atoms. The number of hydrogen-bond donors (Lipinski definition) is 1. The molecule has 0 spiro atoms. The van der Waals surface area contributed by atoms with Gasteiger partial charge in [0.2, 0.25) is 0 Å². The molecular weight excluding hydrogens is 434 g/mol. The first kappa shape index (κ1) is 21.6. The maximum atomic E-state index is 13.0. The van der Waals surface area contributed by atoms with Crippen LogP contribution >= 0.6 is 11.6 Å². The van der Waals surface area contributed by atoms with E-state index in [1.165, 1.54) is 6.26 Å². The van der Waals surface area contributed by atoms with E-state index < -0.39 is 9.84 Å². The lowest BCUT2D eigenvalue weighted by molar-refractivity contribution is 0.0944. The van der Waals surface area contributed by atoms with Crippen LogP contribution in [0.15, 0.2) is 53.4 Å². The molecule has 0 radical (unpaired) electrons. The fourth-order valence-electron chi connectivity index (χ4n) is 3.87. The summed E-state index contributed by atoms with van der Waals surface area (Å²) in [6.07, 6.45) is 6.11. The Bertz CT molecular complexity index is 1200. The van der Waals surface area contributed by atoms with E-state index in [9.17, 15) is 13.2 Å². The largest absolute Gasteiger partial charge is 0.347 e. The average Bonchev–Trinajstić information content (AvgIpc) is 2.93. The molecule has 3 aromatic rings. The fraction of sp³-hybridized carbons (Fsp3) is 0.304. The number of hydrogen-bond acceptors (Lipinski definition) is 4. The summed E-state index contributed by atoms with van der Waals surface area (Å²) in [4.78, 5) is 13.3. The van der Waals surface area contributed by atoms with E-state index in [0.717, 1.165) is 54.6 Å². The lowest BCUT2D eigenvalue weighted by atomic mass is 10.1. The van der Waals surface area contributed by atoms with Gasteiger partial charge in [-0.1, -0.05) is 30.2 Å². The summed E-state index contributed by atoms with van der Waals surface area (Å²) in [6, 6.07) is 14.0. The van der Waals surface area contributed by atoms with Crippen molar-refractivity contribution in [1.29, 1.82) is 0 Å². The van der Waals surface area contributed by atoms with Gasteiger partial charge in [0.1, 0.15) is 0 Å². The summed E-state index contributed by atoms with van der Waals surface area (Å²) < 4.78 is 25.1. The van der Waals surface area contributed by atoms with Crippen molar-refractivity contribution in [3.05, 3.63) is 76.1 Å². The summed E-state index contributed by atoms with van der Waals surface area (Å²) >= 11 is 6.03. The van der Waals surface area contributed by atoms with E-state index in [0.29, 0.717) is 17.3 Å². The normalized spacial score (nSPS) is 14.0. The van der Waals surface area contributed by atoms with Gasteiger partial charge in [-0.05, 0) is 67.6 Å². The van der Waals surface area contributed by atoms with E-state index in [-0.39, 0.29) is 10.8 Å². The third-order valence-corrected chi connectivity index (χ3v) is 6.90. The number of amides is 1. The topological polar surface area (TPSA) is 81.1 Å². The van der Waals surface area contributed by atoms with E-state index in [2.05, 4.69) is 10.4 Å². The zero-order chi connectivity index (χ0) is 22.0. The number of nitrogens with zero attached hydrogens (tertiary/aromatic N) is 2. The summed E-state index contributed by atoms with van der Waals surface area (Å²) in [5.74, 6) is -0.224. The standard InChI is InChI=1S/C23H24ClN3O3S/c1-31(29,30)19-13-7-16(8-14-19)15-25-23(28)22-20-5-3-2-4-6-21(20)27(26-22)18-11-9-17(24)10-12-18/h7-14H,2-6,15H2,1H3,(H,25,28). The van der Waals surface area contributed by atoms with Crippen molar-refractivity contribution in [2.45, 2.75) is 43.5 Å². The van der Waals surface area contributed by atoms with Crippen LogP contribution in [0.3, 0.4) is 0 Å². The molecule has 8 heteroatoms. The van der Waals surface area contributed by atoms with Crippen molar-refractivity contribution >= 4 is 27.3 Å². The molecule has 162 valence electrons. The molecule has 1 aliphatic carbocycles. The molecule has 1 aliphatic rings. The van der Waals surface area contributed by atoms with Crippen LogP contribution in [-0.2, 0) is 29.2 Å². The van der Waals surface area contributed by atoms with E-state index in [1.807, 2.05) is 28.9 Å². The first-order chi connectivity index (χ1) is 14.8. The number of benzene rings is 2. The number of aromatic nitrogens is 2. The second kappa shape index (κ2) is 8.85. The minimum Gasteiger partial charge on any atom is -0.347 e. The number of halogens is 1. The van der Waals surface area contributed by atoms with Crippen molar-refractivity contribution in [2.24, 2.45) is 0 Å². The second-order valence-electron chi connectivity index (χ2n) is 7.82. The predicted octanol–water partition coefficient (Wildman–Crippen LogP) is 4.13. The molecular formula is C23H24ClN3O3S. The smallest absolute Gasteiger partial charge is 0.272 e. The number of carbonyl (C=O) groups is 1. The molecule has 1 heterocycles. The van der Waals surface area contributed by atoms with Crippen LogP contribution in [0.1, 0.15) is 46.6 Å². The average molecular weight is 458 g/mol. The summed E-state index contributed by atoms with van der Waals surface area (Å²) in [7, 11) is -3.24. The van der Waals surface area contributed by atoms with Gasteiger partial charge < -0.3 is 5.32 Å². The molecule has 0 unspecified atom stereocenters. The molecule has 0 aliphatic heterocycles. The molecule has 1 N–H and O–H groups in total. The Balaban J connectivity index is 1.58. The lowest BCUT2D eigenvalue weighted by Crippen LogP contribution is -2.24. The molecule has 1 aromatic heterocycles. The van der Waals surface area contributed by atoms with Gasteiger partial charge in [-0.3, -0.25) is 4.79 Å². The summed E-state index contributed by atoms with van der Waals surface area (Å²) in [5.41, 5.74) is 4.27. The van der Waals surface area contributed by atoms with E-state index in [1.54, 1.807) is 24.3 Å². The molecule has 0 saturated heterocycles. The Morgan fingerprint density at radius 1 is 1.03 bits per heavy atom. The van der Waals surface area contributed by atoms with E-state index >= 15 is 0 Å². The van der Waals surface area contributed by atoms with Gasteiger partial charge in [0, 0.05) is 29.1 Å². The van der Waals surface area contributed by atoms with E-state index in [4.69, 9.17) is 11.6 Å². The zero-order valence-electron chi connectivity index (χ0n) is 17.3. The van der Waals surface area contributed by atoms with Gasteiger partial charge in [-0.25, -0.2) is 13.1 Å². The Labute approximate surface area is 187 Å². The maximum Gasteiger partial charge on any atom is 0.272 e. The molecule has 0 atom stereocenters. The number of nitrogens with one attached hydrogen (secondary N) is 1. The lowest BCUT2D eigenvalue weighted by Gasteiger charge is -2.07. The monoisotopic (exact) mass is 457 g/mol. The van der Waals surface area contributed by atoms with Crippen LogP contribution in [0.4, 0.5) is 0 Å². The molecule has 1 amide bonds. The van der Waals surface area contributed by atoms with Crippen molar-refractivity contribution in [3.8, 4) is 5.69 Å². The van der Waals surface area contributed by atoms with Gasteiger partial charge in [-0.15, -0.1) is 0 Å². The first-order valence-electron chi connectivity index (χ1n) is 10.3. The van der Waals surface area contributed by atoms with Gasteiger partial charge >= 0.3 is 0 Å². The highest BCUT2D eigenvalue weighted by atomic mass is 35.5. The van der Waals surface area contributed by atoms with Crippen LogP contribution < -0.4 is 5.32 Å². The van der Waals surface area contributed by atoms with Crippen molar-refractivity contribution < 1.29 is 13.2 Å². The predicted molar refractivity (Wildman–Crippen MR) is 121 cm³/mol. The summed E-state index contributed by atoms with van der Waals surface area (Å²) in [5, 5.41) is 8.26. The number of carbonyl (C=O) groups excluding carboxylic acids is 1. The van der Waals surface area contributed by atoms with Crippen LogP contribution in [0, 0.1) is 0 Å². The Morgan fingerprint density at radius 2 is 1.71 bits per heavy atom. The van der Waals surface area contributed by atoms with Crippen LogP contribution in [-0.4, -0.2) is 30.4 Å². The minimum absolute atomic E-state index is 0.224. The molecule has 6 nitrogen and oxygen atoms in total. The SMILES string of the molecule is CS(=O)(=O)c1ccc(CNC(=O)c2nn(-c3ccc(Cl)cc3)c3c2CCCCC3)cc1. The fourth-order valence-corrected chi connectivity index (χ4v) is 4.63. The first-order valence-corrected chi connectivity index (χ1v) is 12.5. The number of rotatable bonds is 5. The Hall–Kier alpha value is -2.64. The van der Waals surface area contributed by atoms with Crippen molar-refractivity contribution in [3.63, 3.8) is 0 Å². The van der Waals surface area contributed by atoms with Crippen molar-refractivity contribution in [1.82, 2.24) is 15.1 Å². The Kier molecular flexibility index (Phi) is 6.16. The highest BCUT2D eigenvalue weighted by Gasteiger charge is 2.24. The highest BCUT2D eigenvalue weighted by Crippen LogP contribution is 2.27. The number of sulfone groups is 1. The minimum atomic E-state index is -3.24. The van der Waals surface area contributed by atoms with Gasteiger partial charge in [-0.2, -0.15) is 5.10 Å². The number of fused-ring (bicyclic) bond motifs is 1. The molecule has 0 saturated carbocycles. The molecule has 0 fully saturated rings. The van der Waals surface area contributed by atoms with Crippen molar-refractivity contribution in [2.75, 3.05) is 6.26 Å². The second-order valence-corrected chi connectivity index (χ2v) is 10.3. The zero-order valence-corrected chi connectivity index (χ0v) is 18.8. The molecule has 31 heavy (non-hydrogen) atoms.